The maximum Gasteiger partial charge on any atom is 0.270 e. The minimum absolute atomic E-state index is 0.180. The van der Waals surface area contributed by atoms with Gasteiger partial charge in [0.2, 0.25) is 5.78 Å². The fourth-order valence-electron chi connectivity index (χ4n) is 2.98. The number of benzene rings is 2. The van der Waals surface area contributed by atoms with Crippen molar-refractivity contribution in [2.75, 3.05) is 18.3 Å². The lowest BCUT2D eigenvalue weighted by molar-refractivity contribution is 0.0919. The van der Waals surface area contributed by atoms with Crippen LogP contribution in [0.25, 0.3) is 0 Å². The summed E-state index contributed by atoms with van der Waals surface area (Å²) < 4.78 is 30.1. The molecule has 3 aromatic rings. The lowest BCUT2D eigenvalue weighted by Gasteiger charge is -2.12. The van der Waals surface area contributed by atoms with E-state index < -0.39 is 9.84 Å². The standard InChI is InChI=1S/C22H22N2O5S/c1-15-13-20(16(2)24(15)23-22(26)17-7-5-4-6-8-17)21(25)14-29-18-9-11-19(12-10-18)30(3,27)28/h4-13H,14H2,1-3H3,(H,23,26). The summed E-state index contributed by atoms with van der Waals surface area (Å²) in [6, 6.07) is 16.4. The Labute approximate surface area is 175 Å². The number of carbonyl (C=O) groups excluding carboxylic acids is 2. The average molecular weight is 426 g/mol. The number of amides is 1. The Balaban J connectivity index is 1.69. The van der Waals surface area contributed by atoms with E-state index in [9.17, 15) is 18.0 Å². The van der Waals surface area contributed by atoms with Crippen molar-refractivity contribution in [1.29, 1.82) is 0 Å². The van der Waals surface area contributed by atoms with E-state index in [4.69, 9.17) is 4.74 Å². The van der Waals surface area contributed by atoms with E-state index in [-0.39, 0.29) is 23.2 Å². The number of sulfone groups is 1. The lowest BCUT2D eigenvalue weighted by Crippen LogP contribution is -2.25. The third-order valence-corrected chi connectivity index (χ3v) is 5.73. The van der Waals surface area contributed by atoms with Gasteiger partial charge in [0.25, 0.3) is 5.91 Å². The highest BCUT2D eigenvalue weighted by molar-refractivity contribution is 7.90. The maximum atomic E-state index is 12.6. The predicted octanol–water partition coefficient (Wildman–Crippen LogP) is 3.15. The van der Waals surface area contributed by atoms with Crippen LogP contribution in [-0.4, -0.2) is 37.6 Å². The molecule has 1 amide bonds. The molecule has 1 N–H and O–H groups in total. The van der Waals surface area contributed by atoms with Crippen molar-refractivity contribution in [3.8, 4) is 5.75 Å². The molecule has 0 radical (unpaired) electrons. The van der Waals surface area contributed by atoms with Gasteiger partial charge in [-0.2, -0.15) is 0 Å². The average Bonchev–Trinajstić information content (AvgIpc) is 3.00. The molecule has 0 saturated carbocycles. The highest BCUT2D eigenvalue weighted by Crippen LogP contribution is 2.18. The molecule has 0 aliphatic rings. The molecule has 0 aliphatic heterocycles. The fourth-order valence-corrected chi connectivity index (χ4v) is 3.61. The third-order valence-electron chi connectivity index (χ3n) is 4.60. The molecular formula is C22H22N2O5S. The fraction of sp³-hybridized carbons (Fsp3) is 0.182. The Morgan fingerprint density at radius 2 is 1.63 bits per heavy atom. The molecule has 0 unspecified atom stereocenters. The van der Waals surface area contributed by atoms with Crippen LogP contribution in [0.4, 0.5) is 0 Å². The number of carbonyl (C=O) groups is 2. The molecule has 30 heavy (non-hydrogen) atoms. The first-order valence-electron chi connectivity index (χ1n) is 9.18. The molecule has 0 bridgehead atoms. The first-order valence-corrected chi connectivity index (χ1v) is 11.1. The second-order valence-corrected chi connectivity index (χ2v) is 8.90. The number of rotatable bonds is 7. The molecule has 156 valence electrons. The number of hydrogen-bond donors (Lipinski definition) is 1. The zero-order valence-corrected chi connectivity index (χ0v) is 17.7. The summed E-state index contributed by atoms with van der Waals surface area (Å²) in [6.45, 7) is 3.32. The van der Waals surface area contributed by atoms with Crippen LogP contribution in [-0.2, 0) is 9.84 Å². The van der Waals surface area contributed by atoms with Crippen LogP contribution >= 0.6 is 0 Å². The molecule has 2 aromatic carbocycles. The Kier molecular flexibility index (Phi) is 6.07. The van der Waals surface area contributed by atoms with Gasteiger partial charge >= 0.3 is 0 Å². The second kappa shape index (κ2) is 8.54. The summed E-state index contributed by atoms with van der Waals surface area (Å²) in [5, 5.41) is 0. The van der Waals surface area contributed by atoms with Gasteiger partial charge in [0, 0.05) is 28.8 Å². The van der Waals surface area contributed by atoms with Crippen molar-refractivity contribution in [3.63, 3.8) is 0 Å². The molecule has 0 spiro atoms. The van der Waals surface area contributed by atoms with E-state index in [0.29, 0.717) is 28.3 Å². The topological polar surface area (TPSA) is 94.5 Å². The van der Waals surface area contributed by atoms with E-state index in [1.54, 1.807) is 48.9 Å². The first-order chi connectivity index (χ1) is 14.2. The van der Waals surface area contributed by atoms with E-state index in [2.05, 4.69) is 5.43 Å². The van der Waals surface area contributed by atoms with Gasteiger partial charge in [-0.05, 0) is 56.3 Å². The van der Waals surface area contributed by atoms with E-state index >= 15 is 0 Å². The van der Waals surface area contributed by atoms with Crippen LogP contribution < -0.4 is 10.2 Å². The van der Waals surface area contributed by atoms with E-state index in [1.165, 1.54) is 24.3 Å². The van der Waals surface area contributed by atoms with Crippen LogP contribution in [0.2, 0.25) is 0 Å². The van der Waals surface area contributed by atoms with Gasteiger partial charge in [-0.25, -0.2) is 8.42 Å². The summed E-state index contributed by atoms with van der Waals surface area (Å²) in [5.41, 5.74) is 5.04. The molecule has 0 saturated heterocycles. The number of ether oxygens (including phenoxy) is 1. The minimum atomic E-state index is -3.29. The zero-order valence-electron chi connectivity index (χ0n) is 16.9. The molecule has 1 heterocycles. The van der Waals surface area contributed by atoms with Crippen LogP contribution in [0.3, 0.4) is 0 Å². The van der Waals surface area contributed by atoms with Gasteiger partial charge in [-0.15, -0.1) is 0 Å². The number of aromatic nitrogens is 1. The van der Waals surface area contributed by atoms with Gasteiger partial charge in [0.1, 0.15) is 5.75 Å². The monoisotopic (exact) mass is 426 g/mol. The highest BCUT2D eigenvalue weighted by Gasteiger charge is 2.18. The third kappa shape index (κ3) is 4.77. The van der Waals surface area contributed by atoms with Gasteiger partial charge in [-0.3, -0.25) is 19.7 Å². The van der Waals surface area contributed by atoms with Crippen LogP contribution in [0.5, 0.6) is 5.75 Å². The van der Waals surface area contributed by atoms with Crippen molar-refractivity contribution in [1.82, 2.24) is 4.68 Å². The van der Waals surface area contributed by atoms with Crippen molar-refractivity contribution in [3.05, 3.63) is 83.2 Å². The number of ketones is 1. The number of Topliss-reactive ketones (excluding diaryl/α,β-unsaturated/α-hetero) is 1. The van der Waals surface area contributed by atoms with Gasteiger partial charge < -0.3 is 4.74 Å². The molecule has 0 fully saturated rings. The van der Waals surface area contributed by atoms with E-state index in [0.717, 1.165) is 6.26 Å². The summed E-state index contributed by atoms with van der Waals surface area (Å²) in [5.74, 6) is -0.143. The molecule has 1 aromatic heterocycles. The molecule has 7 nitrogen and oxygen atoms in total. The Bertz CT molecular complexity index is 1180. The van der Waals surface area contributed by atoms with Crippen LogP contribution in [0.1, 0.15) is 32.1 Å². The van der Waals surface area contributed by atoms with Crippen molar-refractivity contribution in [2.24, 2.45) is 0 Å². The Morgan fingerprint density at radius 1 is 1.00 bits per heavy atom. The predicted molar refractivity (Wildman–Crippen MR) is 113 cm³/mol. The van der Waals surface area contributed by atoms with Gasteiger partial charge in [0.15, 0.2) is 16.4 Å². The summed E-state index contributed by atoms with van der Waals surface area (Å²) in [6.07, 6.45) is 1.12. The quantitative estimate of drug-likeness (QED) is 0.586. The number of nitrogens with zero attached hydrogens (tertiary/aromatic N) is 1. The largest absolute Gasteiger partial charge is 0.485 e. The smallest absolute Gasteiger partial charge is 0.270 e. The van der Waals surface area contributed by atoms with Crippen LogP contribution in [0.15, 0.2) is 65.6 Å². The molecule has 0 atom stereocenters. The molecule has 3 rings (SSSR count). The lowest BCUT2D eigenvalue weighted by atomic mass is 10.1. The molecular weight excluding hydrogens is 404 g/mol. The normalized spacial score (nSPS) is 11.2. The SMILES string of the molecule is Cc1cc(C(=O)COc2ccc(S(C)(=O)=O)cc2)c(C)n1NC(=O)c1ccccc1. The van der Waals surface area contributed by atoms with E-state index in [1.807, 2.05) is 6.07 Å². The summed E-state index contributed by atoms with van der Waals surface area (Å²) >= 11 is 0. The van der Waals surface area contributed by atoms with Gasteiger partial charge in [-0.1, -0.05) is 18.2 Å². The van der Waals surface area contributed by atoms with Gasteiger partial charge in [0.05, 0.1) is 4.90 Å². The highest BCUT2D eigenvalue weighted by atomic mass is 32.2. The molecule has 8 heteroatoms. The Morgan fingerprint density at radius 3 is 2.23 bits per heavy atom. The van der Waals surface area contributed by atoms with Crippen molar-refractivity contribution < 1.29 is 22.7 Å². The number of aryl methyl sites for hydroxylation is 1. The minimum Gasteiger partial charge on any atom is -0.485 e. The van der Waals surface area contributed by atoms with Crippen molar-refractivity contribution >= 4 is 21.5 Å². The number of hydrogen-bond acceptors (Lipinski definition) is 5. The summed E-state index contributed by atoms with van der Waals surface area (Å²) in [7, 11) is -3.29. The van der Waals surface area contributed by atoms with Crippen LogP contribution in [0, 0.1) is 13.8 Å². The van der Waals surface area contributed by atoms with Crippen molar-refractivity contribution in [2.45, 2.75) is 18.7 Å². The molecule has 0 aliphatic carbocycles. The Hall–Kier alpha value is -3.39. The maximum absolute atomic E-state index is 12.6. The summed E-state index contributed by atoms with van der Waals surface area (Å²) in [4.78, 5) is 25.2. The first kappa shape index (κ1) is 21.3. The zero-order chi connectivity index (χ0) is 21.9. The second-order valence-electron chi connectivity index (χ2n) is 6.88. The number of nitrogens with one attached hydrogen (secondary N) is 1.